The number of hydrogen-bond donors (Lipinski definition) is 0. The second kappa shape index (κ2) is 7.95. The minimum Gasteiger partial charge on any atom is -0.464 e. The number of nitrogens with zero attached hydrogens (tertiary/aromatic N) is 1. The van der Waals surface area contributed by atoms with Gasteiger partial charge in [-0.15, -0.1) is 0 Å². The summed E-state index contributed by atoms with van der Waals surface area (Å²) in [5.41, 5.74) is 0. The molecule has 1 heterocycles. The number of likely N-dealkylation sites (tertiary alicyclic amines) is 1. The first-order valence-corrected chi connectivity index (χ1v) is 6.72. The van der Waals surface area contributed by atoms with Crippen LogP contribution in [0.2, 0.25) is 0 Å². The minimum absolute atomic E-state index is 0.297. The van der Waals surface area contributed by atoms with Gasteiger partial charge in [0.1, 0.15) is 6.04 Å². The van der Waals surface area contributed by atoms with Crippen molar-refractivity contribution in [2.24, 2.45) is 0 Å². The quantitative estimate of drug-likeness (QED) is 0.541. The SMILES string of the molecule is CCCCCCOC(=O)[C@@H]1CCCN1C(=O)OC. The van der Waals surface area contributed by atoms with Gasteiger partial charge in [-0.25, -0.2) is 9.59 Å². The highest BCUT2D eigenvalue weighted by Gasteiger charge is 2.35. The van der Waals surface area contributed by atoms with E-state index in [2.05, 4.69) is 11.7 Å². The lowest BCUT2D eigenvalue weighted by molar-refractivity contribution is -0.148. The van der Waals surface area contributed by atoms with Crippen molar-refractivity contribution >= 4 is 12.1 Å². The first-order chi connectivity index (χ1) is 8.70. The summed E-state index contributed by atoms with van der Waals surface area (Å²) in [6, 6.07) is -0.455. The third kappa shape index (κ3) is 4.20. The predicted molar refractivity (Wildman–Crippen MR) is 67.2 cm³/mol. The molecule has 0 unspecified atom stereocenters. The number of hydrogen-bond acceptors (Lipinski definition) is 4. The van der Waals surface area contributed by atoms with Gasteiger partial charge < -0.3 is 9.47 Å². The zero-order chi connectivity index (χ0) is 13.4. The van der Waals surface area contributed by atoms with E-state index in [0.29, 0.717) is 19.6 Å². The molecule has 5 heteroatoms. The summed E-state index contributed by atoms with van der Waals surface area (Å²) in [6.07, 6.45) is 5.34. The van der Waals surface area contributed by atoms with Crippen LogP contribution < -0.4 is 0 Å². The van der Waals surface area contributed by atoms with Crippen molar-refractivity contribution in [3.8, 4) is 0 Å². The van der Waals surface area contributed by atoms with E-state index in [1.54, 1.807) is 0 Å². The third-order valence-electron chi connectivity index (χ3n) is 3.18. The lowest BCUT2D eigenvalue weighted by atomic mass is 10.2. The van der Waals surface area contributed by atoms with Crippen molar-refractivity contribution in [2.45, 2.75) is 51.5 Å². The number of carbonyl (C=O) groups is 2. The fourth-order valence-corrected chi connectivity index (χ4v) is 2.15. The Morgan fingerprint density at radius 1 is 1.28 bits per heavy atom. The van der Waals surface area contributed by atoms with Gasteiger partial charge in [-0.05, 0) is 19.3 Å². The zero-order valence-corrected chi connectivity index (χ0v) is 11.3. The number of amides is 1. The van der Waals surface area contributed by atoms with Crippen molar-refractivity contribution in [2.75, 3.05) is 20.3 Å². The average Bonchev–Trinajstić information content (AvgIpc) is 2.86. The lowest BCUT2D eigenvalue weighted by Gasteiger charge is -2.21. The van der Waals surface area contributed by atoms with Gasteiger partial charge in [0.2, 0.25) is 0 Å². The smallest absolute Gasteiger partial charge is 0.410 e. The minimum atomic E-state index is -0.455. The second-order valence-electron chi connectivity index (χ2n) is 4.55. The summed E-state index contributed by atoms with van der Waals surface area (Å²) in [5.74, 6) is -0.297. The Bertz CT molecular complexity index is 280. The molecule has 1 amide bonds. The van der Waals surface area contributed by atoms with Crippen LogP contribution >= 0.6 is 0 Å². The molecule has 18 heavy (non-hydrogen) atoms. The van der Waals surface area contributed by atoms with Crippen LogP contribution in [0.4, 0.5) is 4.79 Å². The molecule has 1 fully saturated rings. The molecule has 5 nitrogen and oxygen atoms in total. The topological polar surface area (TPSA) is 55.8 Å². The number of esters is 1. The lowest BCUT2D eigenvalue weighted by Crippen LogP contribution is -2.41. The van der Waals surface area contributed by atoms with E-state index in [1.165, 1.54) is 12.0 Å². The van der Waals surface area contributed by atoms with E-state index in [4.69, 9.17) is 4.74 Å². The summed E-state index contributed by atoms with van der Waals surface area (Å²) in [4.78, 5) is 24.7. The number of rotatable bonds is 6. The maximum Gasteiger partial charge on any atom is 0.410 e. The maximum absolute atomic E-state index is 11.8. The fourth-order valence-electron chi connectivity index (χ4n) is 2.15. The van der Waals surface area contributed by atoms with E-state index in [0.717, 1.165) is 32.1 Å². The van der Waals surface area contributed by atoms with Gasteiger partial charge in [0, 0.05) is 6.54 Å². The van der Waals surface area contributed by atoms with Crippen LogP contribution in [0, 0.1) is 0 Å². The Hall–Kier alpha value is -1.26. The van der Waals surface area contributed by atoms with Crippen LogP contribution in [0.25, 0.3) is 0 Å². The van der Waals surface area contributed by atoms with Crippen LogP contribution in [-0.4, -0.2) is 43.3 Å². The van der Waals surface area contributed by atoms with E-state index >= 15 is 0 Å². The monoisotopic (exact) mass is 257 g/mol. The molecule has 0 aromatic rings. The molecule has 0 saturated carbocycles. The van der Waals surface area contributed by atoms with Gasteiger partial charge in [-0.2, -0.15) is 0 Å². The number of ether oxygens (including phenoxy) is 2. The standard InChI is InChI=1S/C13H23NO4/c1-3-4-5-6-10-18-12(15)11-8-7-9-14(11)13(16)17-2/h11H,3-10H2,1-2H3/t11-/m0/s1. The van der Waals surface area contributed by atoms with Gasteiger partial charge >= 0.3 is 12.1 Å². The predicted octanol–water partition coefficient (Wildman–Crippen LogP) is 2.34. The molecule has 0 N–H and O–H groups in total. The van der Waals surface area contributed by atoms with Crippen molar-refractivity contribution in [1.82, 2.24) is 4.90 Å². The Balaban J connectivity index is 2.29. The molecule has 1 atom stereocenters. The number of methoxy groups -OCH3 is 1. The Kier molecular flexibility index (Phi) is 6.54. The molecule has 1 saturated heterocycles. The van der Waals surface area contributed by atoms with Crippen LogP contribution in [-0.2, 0) is 14.3 Å². The summed E-state index contributed by atoms with van der Waals surface area (Å²) in [5, 5.41) is 0. The van der Waals surface area contributed by atoms with Crippen LogP contribution in [0.5, 0.6) is 0 Å². The molecular formula is C13H23NO4. The van der Waals surface area contributed by atoms with E-state index in [9.17, 15) is 9.59 Å². The fraction of sp³-hybridized carbons (Fsp3) is 0.846. The Morgan fingerprint density at radius 2 is 2.06 bits per heavy atom. The summed E-state index contributed by atoms with van der Waals surface area (Å²) in [7, 11) is 1.33. The molecular weight excluding hydrogens is 234 g/mol. The van der Waals surface area contributed by atoms with Gasteiger partial charge in [0.15, 0.2) is 0 Å². The summed E-state index contributed by atoms with van der Waals surface area (Å²) < 4.78 is 9.86. The van der Waals surface area contributed by atoms with Crippen molar-refractivity contribution < 1.29 is 19.1 Å². The van der Waals surface area contributed by atoms with Crippen molar-refractivity contribution in [3.05, 3.63) is 0 Å². The van der Waals surface area contributed by atoms with E-state index < -0.39 is 12.1 Å². The van der Waals surface area contributed by atoms with Gasteiger partial charge in [-0.3, -0.25) is 4.90 Å². The molecule has 1 aliphatic heterocycles. The molecule has 0 aromatic heterocycles. The number of carbonyl (C=O) groups excluding carboxylic acids is 2. The molecule has 0 bridgehead atoms. The molecule has 0 aromatic carbocycles. The average molecular weight is 257 g/mol. The molecule has 1 rings (SSSR count). The van der Waals surface area contributed by atoms with E-state index in [-0.39, 0.29) is 5.97 Å². The molecule has 1 aliphatic rings. The normalized spacial score (nSPS) is 18.8. The van der Waals surface area contributed by atoms with Crippen LogP contribution in [0.15, 0.2) is 0 Å². The van der Waals surface area contributed by atoms with Gasteiger partial charge in [-0.1, -0.05) is 26.2 Å². The maximum atomic E-state index is 11.8. The summed E-state index contributed by atoms with van der Waals surface area (Å²) in [6.45, 7) is 3.16. The van der Waals surface area contributed by atoms with Crippen molar-refractivity contribution in [1.29, 1.82) is 0 Å². The molecule has 0 spiro atoms. The first kappa shape index (κ1) is 14.8. The number of unbranched alkanes of at least 4 members (excludes halogenated alkanes) is 3. The first-order valence-electron chi connectivity index (χ1n) is 6.72. The Morgan fingerprint density at radius 3 is 2.72 bits per heavy atom. The highest BCUT2D eigenvalue weighted by Crippen LogP contribution is 2.19. The molecule has 104 valence electrons. The highest BCUT2D eigenvalue weighted by atomic mass is 16.6. The van der Waals surface area contributed by atoms with E-state index in [1.807, 2.05) is 0 Å². The largest absolute Gasteiger partial charge is 0.464 e. The van der Waals surface area contributed by atoms with Gasteiger partial charge in [0.25, 0.3) is 0 Å². The van der Waals surface area contributed by atoms with Crippen LogP contribution in [0.3, 0.4) is 0 Å². The third-order valence-corrected chi connectivity index (χ3v) is 3.18. The summed E-state index contributed by atoms with van der Waals surface area (Å²) >= 11 is 0. The second-order valence-corrected chi connectivity index (χ2v) is 4.55. The molecule has 0 aliphatic carbocycles. The highest BCUT2D eigenvalue weighted by molar-refractivity contribution is 5.82. The van der Waals surface area contributed by atoms with Crippen molar-refractivity contribution in [3.63, 3.8) is 0 Å². The Labute approximate surface area is 108 Å². The molecule has 0 radical (unpaired) electrons. The zero-order valence-electron chi connectivity index (χ0n) is 11.3. The van der Waals surface area contributed by atoms with Gasteiger partial charge in [0.05, 0.1) is 13.7 Å². The van der Waals surface area contributed by atoms with Crippen LogP contribution in [0.1, 0.15) is 45.4 Å².